The number of hydrogen-bond acceptors (Lipinski definition) is 4. The topological polar surface area (TPSA) is 53.6 Å². The number of nitrogens with one attached hydrogen (secondary N) is 2. The average Bonchev–Trinajstić information content (AvgIpc) is 3.06. The second kappa shape index (κ2) is 9.88. The lowest BCUT2D eigenvalue weighted by atomic mass is 10.1. The summed E-state index contributed by atoms with van der Waals surface area (Å²) >= 11 is 6.13. The third-order valence-corrected chi connectivity index (χ3v) is 4.31. The average molecular weight is 340 g/mol. The largest absolute Gasteiger partial charge is 0.383 e. The fourth-order valence-electron chi connectivity index (χ4n) is 2.87. The van der Waals surface area contributed by atoms with Crippen molar-refractivity contribution in [3.8, 4) is 0 Å². The number of ether oxygens (including phenoxy) is 1. The van der Waals surface area contributed by atoms with E-state index in [0.29, 0.717) is 26.2 Å². The maximum atomic E-state index is 12.0. The van der Waals surface area contributed by atoms with Crippen molar-refractivity contribution in [1.29, 1.82) is 0 Å². The molecule has 0 saturated carbocycles. The maximum absolute atomic E-state index is 12.0. The zero-order valence-electron chi connectivity index (χ0n) is 13.7. The van der Waals surface area contributed by atoms with Crippen molar-refractivity contribution in [2.24, 2.45) is 0 Å². The molecule has 0 spiro atoms. The molecule has 1 aromatic rings. The number of carbonyl (C=O) groups is 1. The second-order valence-electron chi connectivity index (χ2n) is 5.79. The molecule has 128 valence electrons. The van der Waals surface area contributed by atoms with Gasteiger partial charge in [0.05, 0.1) is 19.2 Å². The number of rotatable bonds is 9. The Bertz CT molecular complexity index is 492. The van der Waals surface area contributed by atoms with Gasteiger partial charge in [0.15, 0.2) is 0 Å². The van der Waals surface area contributed by atoms with Gasteiger partial charge in [0.1, 0.15) is 0 Å². The minimum absolute atomic E-state index is 0.00679. The van der Waals surface area contributed by atoms with E-state index in [1.165, 1.54) is 12.8 Å². The minimum Gasteiger partial charge on any atom is -0.383 e. The first-order valence-electron chi connectivity index (χ1n) is 8.16. The third kappa shape index (κ3) is 6.11. The van der Waals surface area contributed by atoms with E-state index in [4.69, 9.17) is 16.3 Å². The summed E-state index contributed by atoms with van der Waals surface area (Å²) < 4.78 is 4.94. The lowest BCUT2D eigenvalue weighted by Crippen LogP contribution is -2.40. The van der Waals surface area contributed by atoms with Crippen LogP contribution in [0.4, 0.5) is 0 Å². The van der Waals surface area contributed by atoms with Gasteiger partial charge in [0.2, 0.25) is 5.91 Å². The molecule has 1 amide bonds. The summed E-state index contributed by atoms with van der Waals surface area (Å²) in [5.74, 6) is 0.00679. The standard InChI is InChI=1S/C17H26ClN3O2/c1-23-10-7-19-13-17(22)20-12-16(21-8-2-3-9-21)14-5-4-6-15(18)11-14/h4-6,11,16,19H,2-3,7-10,12-13H2,1H3,(H,20,22). The molecule has 1 aliphatic heterocycles. The fourth-order valence-corrected chi connectivity index (χ4v) is 3.07. The van der Waals surface area contributed by atoms with Crippen molar-refractivity contribution in [2.45, 2.75) is 18.9 Å². The monoisotopic (exact) mass is 339 g/mol. The van der Waals surface area contributed by atoms with Crippen molar-refractivity contribution in [3.05, 3.63) is 34.9 Å². The molecule has 1 aliphatic rings. The molecule has 6 heteroatoms. The first-order valence-corrected chi connectivity index (χ1v) is 8.54. The van der Waals surface area contributed by atoms with Gasteiger partial charge >= 0.3 is 0 Å². The van der Waals surface area contributed by atoms with E-state index in [1.54, 1.807) is 7.11 Å². The normalized spacial score (nSPS) is 16.4. The van der Waals surface area contributed by atoms with E-state index in [9.17, 15) is 4.79 Å². The Labute approximate surface area is 143 Å². The van der Waals surface area contributed by atoms with E-state index in [-0.39, 0.29) is 11.9 Å². The zero-order chi connectivity index (χ0) is 16.5. The summed E-state index contributed by atoms with van der Waals surface area (Å²) in [6.07, 6.45) is 2.42. The molecular weight excluding hydrogens is 314 g/mol. The first-order chi connectivity index (χ1) is 11.2. The molecule has 0 bridgehead atoms. The Morgan fingerprint density at radius 3 is 2.87 bits per heavy atom. The number of amides is 1. The van der Waals surface area contributed by atoms with Crippen molar-refractivity contribution in [3.63, 3.8) is 0 Å². The third-order valence-electron chi connectivity index (χ3n) is 4.08. The summed E-state index contributed by atoms with van der Waals surface area (Å²) in [6, 6.07) is 8.10. The summed E-state index contributed by atoms with van der Waals surface area (Å²) in [4.78, 5) is 14.4. The van der Waals surface area contributed by atoms with Crippen LogP contribution in [0.15, 0.2) is 24.3 Å². The van der Waals surface area contributed by atoms with Crippen LogP contribution in [-0.2, 0) is 9.53 Å². The molecule has 1 fully saturated rings. The van der Waals surface area contributed by atoms with Crippen LogP contribution in [0.5, 0.6) is 0 Å². The van der Waals surface area contributed by atoms with Gasteiger partial charge in [-0.15, -0.1) is 0 Å². The lowest BCUT2D eigenvalue weighted by Gasteiger charge is -2.28. The van der Waals surface area contributed by atoms with E-state index >= 15 is 0 Å². The molecule has 1 saturated heterocycles. The molecule has 0 aliphatic carbocycles. The van der Waals surface area contributed by atoms with Crippen molar-refractivity contribution < 1.29 is 9.53 Å². The molecule has 0 aromatic heterocycles. The van der Waals surface area contributed by atoms with Crippen molar-refractivity contribution in [2.75, 3.05) is 46.4 Å². The highest BCUT2D eigenvalue weighted by Gasteiger charge is 2.24. The molecule has 2 rings (SSSR count). The van der Waals surface area contributed by atoms with Gasteiger partial charge in [-0.25, -0.2) is 0 Å². The van der Waals surface area contributed by atoms with Crippen LogP contribution < -0.4 is 10.6 Å². The predicted molar refractivity (Wildman–Crippen MR) is 92.8 cm³/mol. The van der Waals surface area contributed by atoms with E-state index < -0.39 is 0 Å². The fraction of sp³-hybridized carbons (Fsp3) is 0.588. The van der Waals surface area contributed by atoms with E-state index in [1.807, 2.05) is 18.2 Å². The Morgan fingerprint density at radius 2 is 2.17 bits per heavy atom. The van der Waals surface area contributed by atoms with Crippen LogP contribution >= 0.6 is 11.6 Å². The van der Waals surface area contributed by atoms with Crippen molar-refractivity contribution in [1.82, 2.24) is 15.5 Å². The zero-order valence-corrected chi connectivity index (χ0v) is 14.4. The van der Waals surface area contributed by atoms with Gasteiger partial charge in [-0.2, -0.15) is 0 Å². The summed E-state index contributed by atoms with van der Waals surface area (Å²) in [6.45, 7) is 4.33. The number of hydrogen-bond donors (Lipinski definition) is 2. The quantitative estimate of drug-likeness (QED) is 0.674. The van der Waals surface area contributed by atoms with Crippen LogP contribution in [0.2, 0.25) is 5.02 Å². The molecule has 1 heterocycles. The Morgan fingerprint density at radius 1 is 1.39 bits per heavy atom. The minimum atomic E-state index is 0.00679. The number of halogens is 1. The van der Waals surface area contributed by atoms with Crippen LogP contribution in [0.1, 0.15) is 24.4 Å². The number of benzene rings is 1. The van der Waals surface area contributed by atoms with Crippen LogP contribution in [0, 0.1) is 0 Å². The summed E-state index contributed by atoms with van der Waals surface area (Å²) in [7, 11) is 1.65. The highest BCUT2D eigenvalue weighted by molar-refractivity contribution is 6.30. The lowest BCUT2D eigenvalue weighted by molar-refractivity contribution is -0.120. The molecule has 2 N–H and O–H groups in total. The predicted octanol–water partition coefficient (Wildman–Crippen LogP) is 1.83. The summed E-state index contributed by atoms with van der Waals surface area (Å²) in [5.41, 5.74) is 1.16. The number of nitrogens with zero attached hydrogens (tertiary/aromatic N) is 1. The molecule has 1 atom stereocenters. The molecule has 5 nitrogen and oxygen atoms in total. The number of methoxy groups -OCH3 is 1. The van der Waals surface area contributed by atoms with Gasteiger partial charge in [-0.1, -0.05) is 23.7 Å². The SMILES string of the molecule is COCCNCC(=O)NCC(c1cccc(Cl)c1)N1CCCC1. The van der Waals surface area contributed by atoms with Gasteiger partial charge < -0.3 is 15.4 Å². The van der Waals surface area contributed by atoms with Gasteiger partial charge in [0, 0.05) is 25.2 Å². The number of carbonyl (C=O) groups excluding carboxylic acids is 1. The molecule has 1 unspecified atom stereocenters. The number of likely N-dealkylation sites (tertiary alicyclic amines) is 1. The van der Waals surface area contributed by atoms with E-state index in [2.05, 4.69) is 21.6 Å². The highest BCUT2D eigenvalue weighted by Crippen LogP contribution is 2.26. The van der Waals surface area contributed by atoms with E-state index in [0.717, 1.165) is 23.7 Å². The van der Waals surface area contributed by atoms with Gasteiger partial charge in [0.25, 0.3) is 0 Å². The Balaban J connectivity index is 1.89. The Kier molecular flexibility index (Phi) is 7.82. The van der Waals surface area contributed by atoms with Gasteiger partial charge in [-0.3, -0.25) is 9.69 Å². The van der Waals surface area contributed by atoms with Crippen molar-refractivity contribution >= 4 is 17.5 Å². The van der Waals surface area contributed by atoms with Gasteiger partial charge in [-0.05, 0) is 43.6 Å². The molecular formula is C17H26ClN3O2. The highest BCUT2D eigenvalue weighted by atomic mass is 35.5. The van der Waals surface area contributed by atoms with Crippen LogP contribution in [-0.4, -0.2) is 57.2 Å². The molecule has 1 aromatic carbocycles. The summed E-state index contributed by atoms with van der Waals surface area (Å²) in [5, 5.41) is 6.82. The van der Waals surface area contributed by atoms with Crippen LogP contribution in [0.25, 0.3) is 0 Å². The molecule has 0 radical (unpaired) electrons. The maximum Gasteiger partial charge on any atom is 0.234 e. The second-order valence-corrected chi connectivity index (χ2v) is 6.22. The molecule has 23 heavy (non-hydrogen) atoms. The smallest absolute Gasteiger partial charge is 0.234 e. The first kappa shape index (κ1) is 18.2. The van der Waals surface area contributed by atoms with Crippen LogP contribution in [0.3, 0.4) is 0 Å². The Hall–Kier alpha value is -1.14.